The van der Waals surface area contributed by atoms with Crippen molar-refractivity contribution in [2.24, 2.45) is 11.8 Å². The molecule has 4 atom stereocenters. The summed E-state index contributed by atoms with van der Waals surface area (Å²) < 4.78 is 5.74. The summed E-state index contributed by atoms with van der Waals surface area (Å²) in [6.45, 7) is 8.10. The highest BCUT2D eigenvalue weighted by atomic mass is 16.5. The molecule has 3 amide bonds. The van der Waals surface area contributed by atoms with E-state index >= 15 is 0 Å². The third-order valence-electron chi connectivity index (χ3n) is 6.31. The van der Waals surface area contributed by atoms with Crippen molar-refractivity contribution >= 4 is 23.4 Å². The molecule has 1 aromatic carbocycles. The Morgan fingerprint density at radius 3 is 2.00 bits per heavy atom. The van der Waals surface area contributed by atoms with Crippen molar-refractivity contribution in [3.63, 3.8) is 0 Å². The summed E-state index contributed by atoms with van der Waals surface area (Å²) in [6.07, 6.45) is 1.33. The van der Waals surface area contributed by atoms with Gasteiger partial charge in [-0.15, -0.1) is 0 Å². The Balaban J connectivity index is 1.53. The van der Waals surface area contributed by atoms with Crippen molar-refractivity contribution in [2.45, 2.75) is 64.6 Å². The van der Waals surface area contributed by atoms with Crippen LogP contribution in [0.15, 0.2) is 18.2 Å². The number of amides is 3. The quantitative estimate of drug-likeness (QED) is 0.792. The third kappa shape index (κ3) is 2.94. The Bertz CT molecular complexity index is 778. The second kappa shape index (κ2) is 6.99. The van der Waals surface area contributed by atoms with Crippen LogP contribution in [0.3, 0.4) is 0 Å². The largest absolute Gasteiger partial charge is 0.373 e. The molecule has 150 valence electrons. The van der Waals surface area contributed by atoms with Gasteiger partial charge in [-0.2, -0.15) is 0 Å². The van der Waals surface area contributed by atoms with E-state index in [0.717, 1.165) is 34.6 Å². The molecule has 6 nitrogen and oxygen atoms in total. The summed E-state index contributed by atoms with van der Waals surface area (Å²) in [4.78, 5) is 39.5. The predicted octanol–water partition coefficient (Wildman–Crippen LogP) is 3.03. The number of benzene rings is 1. The standard InChI is InChI=1S/C22H28N2O4/c1-11(2)13-6-5-7-14(12(3)4)20(13)23-17(25)10-24-21(26)18-15-8-9-16(28-15)19(18)22(24)27/h5-7,11-12,15-16,18-19H,8-10H2,1-4H3,(H,23,25)/t15-,16-,18+,19+/m1/s1. The number of ether oxygens (including phenoxy) is 1. The van der Waals surface area contributed by atoms with Crippen LogP contribution in [-0.4, -0.2) is 41.4 Å². The number of anilines is 1. The van der Waals surface area contributed by atoms with E-state index in [9.17, 15) is 14.4 Å². The maximum Gasteiger partial charge on any atom is 0.244 e. The Labute approximate surface area is 165 Å². The normalized spacial score (nSPS) is 28.6. The number of hydrogen-bond donors (Lipinski definition) is 1. The highest BCUT2D eigenvalue weighted by Crippen LogP contribution is 2.48. The molecule has 3 fully saturated rings. The Kier molecular flexibility index (Phi) is 4.78. The zero-order valence-corrected chi connectivity index (χ0v) is 16.9. The van der Waals surface area contributed by atoms with E-state index in [1.165, 1.54) is 0 Å². The van der Waals surface area contributed by atoms with Gasteiger partial charge in [-0.1, -0.05) is 45.9 Å². The molecule has 0 saturated carbocycles. The number of nitrogens with zero attached hydrogens (tertiary/aromatic N) is 1. The van der Waals surface area contributed by atoms with Crippen LogP contribution in [-0.2, 0) is 19.1 Å². The van der Waals surface area contributed by atoms with Crippen LogP contribution in [0.2, 0.25) is 0 Å². The zero-order chi connectivity index (χ0) is 20.2. The summed E-state index contributed by atoms with van der Waals surface area (Å²) in [5, 5.41) is 3.00. The number of likely N-dealkylation sites (tertiary alicyclic amines) is 1. The Hall–Kier alpha value is -2.21. The van der Waals surface area contributed by atoms with Gasteiger partial charge >= 0.3 is 0 Å². The minimum absolute atomic E-state index is 0.159. The van der Waals surface area contributed by atoms with Crippen molar-refractivity contribution in [1.82, 2.24) is 4.90 Å². The Morgan fingerprint density at radius 2 is 1.54 bits per heavy atom. The molecule has 3 saturated heterocycles. The van der Waals surface area contributed by atoms with Gasteiger partial charge in [0.2, 0.25) is 17.7 Å². The van der Waals surface area contributed by atoms with Gasteiger partial charge in [-0.25, -0.2) is 0 Å². The summed E-state index contributed by atoms with van der Waals surface area (Å²) in [6, 6.07) is 6.03. The van der Waals surface area contributed by atoms with E-state index in [2.05, 4.69) is 33.0 Å². The van der Waals surface area contributed by atoms with Gasteiger partial charge in [0.05, 0.1) is 24.0 Å². The minimum atomic E-state index is -0.395. The van der Waals surface area contributed by atoms with Gasteiger partial charge in [0.1, 0.15) is 6.54 Å². The SMILES string of the molecule is CC(C)c1cccc(C(C)C)c1NC(=O)CN1C(=O)[C@@H]2[C@@H](C1=O)[C@H]1CC[C@H]2O1. The molecule has 3 aliphatic rings. The number of hydrogen-bond acceptors (Lipinski definition) is 4. The summed E-state index contributed by atoms with van der Waals surface area (Å²) in [7, 11) is 0. The number of carbonyl (C=O) groups is 3. The van der Waals surface area contributed by atoms with E-state index in [4.69, 9.17) is 4.74 Å². The first-order valence-corrected chi connectivity index (χ1v) is 10.2. The molecule has 3 aliphatic heterocycles. The second-order valence-electron chi connectivity index (χ2n) is 8.77. The number of imide groups is 1. The molecule has 3 heterocycles. The molecule has 0 radical (unpaired) electrons. The summed E-state index contributed by atoms with van der Waals surface area (Å²) >= 11 is 0. The molecule has 2 bridgehead atoms. The number of carbonyl (C=O) groups excluding carboxylic acids is 3. The van der Waals surface area contributed by atoms with Crippen LogP contribution < -0.4 is 5.32 Å². The van der Waals surface area contributed by atoms with Gasteiger partial charge in [0.25, 0.3) is 0 Å². The molecule has 0 aliphatic carbocycles. The number of rotatable bonds is 5. The van der Waals surface area contributed by atoms with E-state index in [-0.39, 0.29) is 48.3 Å². The van der Waals surface area contributed by atoms with Gasteiger partial charge in [-0.05, 0) is 35.8 Å². The van der Waals surface area contributed by atoms with Crippen molar-refractivity contribution in [1.29, 1.82) is 0 Å². The average molecular weight is 384 g/mol. The van der Waals surface area contributed by atoms with Crippen LogP contribution in [0.25, 0.3) is 0 Å². The summed E-state index contributed by atoms with van der Waals surface area (Å²) in [5.74, 6) is -1.13. The lowest BCUT2D eigenvalue weighted by Crippen LogP contribution is -2.40. The van der Waals surface area contributed by atoms with Gasteiger partial charge in [0.15, 0.2) is 0 Å². The molecule has 6 heteroatoms. The van der Waals surface area contributed by atoms with Crippen LogP contribution >= 0.6 is 0 Å². The fourth-order valence-electron chi connectivity index (χ4n) is 4.95. The van der Waals surface area contributed by atoms with E-state index < -0.39 is 11.8 Å². The second-order valence-corrected chi connectivity index (χ2v) is 8.77. The van der Waals surface area contributed by atoms with E-state index in [0.29, 0.717) is 0 Å². The topological polar surface area (TPSA) is 75.7 Å². The first-order chi connectivity index (χ1) is 13.3. The lowest BCUT2D eigenvalue weighted by atomic mass is 9.81. The smallest absolute Gasteiger partial charge is 0.244 e. The van der Waals surface area contributed by atoms with E-state index in [1.807, 2.05) is 18.2 Å². The highest BCUT2D eigenvalue weighted by Gasteiger charge is 2.62. The van der Waals surface area contributed by atoms with Crippen LogP contribution in [0.4, 0.5) is 5.69 Å². The predicted molar refractivity (Wildman–Crippen MR) is 105 cm³/mol. The first-order valence-electron chi connectivity index (χ1n) is 10.2. The maximum absolute atomic E-state index is 12.8. The molecular formula is C22H28N2O4. The monoisotopic (exact) mass is 384 g/mol. The molecule has 0 spiro atoms. The number of fused-ring (bicyclic) bond motifs is 5. The zero-order valence-electron chi connectivity index (χ0n) is 16.9. The minimum Gasteiger partial charge on any atom is -0.373 e. The average Bonchev–Trinajstić information content (AvgIpc) is 3.31. The van der Waals surface area contributed by atoms with Crippen LogP contribution in [0.1, 0.15) is 63.5 Å². The molecule has 0 aromatic heterocycles. The van der Waals surface area contributed by atoms with E-state index in [1.54, 1.807) is 0 Å². The van der Waals surface area contributed by atoms with Crippen molar-refractivity contribution in [3.8, 4) is 0 Å². The lowest BCUT2D eigenvalue weighted by Gasteiger charge is -2.22. The molecule has 28 heavy (non-hydrogen) atoms. The van der Waals surface area contributed by atoms with Crippen molar-refractivity contribution in [2.75, 3.05) is 11.9 Å². The summed E-state index contributed by atoms with van der Waals surface area (Å²) in [5.41, 5.74) is 2.92. The van der Waals surface area contributed by atoms with Crippen LogP contribution in [0.5, 0.6) is 0 Å². The van der Waals surface area contributed by atoms with Crippen LogP contribution in [0, 0.1) is 11.8 Å². The molecular weight excluding hydrogens is 356 g/mol. The molecule has 1 aromatic rings. The maximum atomic E-state index is 12.8. The van der Waals surface area contributed by atoms with Gasteiger partial charge in [-0.3, -0.25) is 19.3 Å². The molecule has 4 rings (SSSR count). The lowest BCUT2D eigenvalue weighted by molar-refractivity contribution is -0.145. The first kappa shape index (κ1) is 19.1. The van der Waals surface area contributed by atoms with Crippen molar-refractivity contribution in [3.05, 3.63) is 29.3 Å². The highest BCUT2D eigenvalue weighted by molar-refractivity contribution is 6.09. The van der Waals surface area contributed by atoms with Gasteiger partial charge < -0.3 is 10.1 Å². The number of para-hydroxylation sites is 1. The number of nitrogens with one attached hydrogen (secondary N) is 1. The Morgan fingerprint density at radius 1 is 1.04 bits per heavy atom. The van der Waals surface area contributed by atoms with Gasteiger partial charge in [0, 0.05) is 5.69 Å². The fourth-order valence-corrected chi connectivity index (χ4v) is 4.95. The fraction of sp³-hybridized carbons (Fsp3) is 0.591. The van der Waals surface area contributed by atoms with Crippen molar-refractivity contribution < 1.29 is 19.1 Å². The molecule has 0 unspecified atom stereocenters. The molecule has 1 N–H and O–H groups in total. The third-order valence-corrected chi connectivity index (χ3v) is 6.31.